The molecule has 0 atom stereocenters. The summed E-state index contributed by atoms with van der Waals surface area (Å²) in [7, 11) is 0. The fraction of sp³-hybridized carbons (Fsp3) is 0.483. The van der Waals surface area contributed by atoms with E-state index in [2.05, 4.69) is 17.1 Å². The van der Waals surface area contributed by atoms with Crippen molar-refractivity contribution in [3.63, 3.8) is 0 Å². The zero-order valence-corrected chi connectivity index (χ0v) is 21.8. The van der Waals surface area contributed by atoms with Gasteiger partial charge in [-0.2, -0.15) is 18.2 Å². The Balaban J connectivity index is 1.66. The number of alkyl halides is 3. The predicted octanol–water partition coefficient (Wildman–Crippen LogP) is 8.51. The molecule has 0 unspecified atom stereocenters. The van der Waals surface area contributed by atoms with Gasteiger partial charge in [0.2, 0.25) is 0 Å². The van der Waals surface area contributed by atoms with Gasteiger partial charge in [0.25, 0.3) is 5.89 Å². The molecule has 1 amide bonds. The first-order valence-corrected chi connectivity index (χ1v) is 13.3. The lowest BCUT2D eigenvalue weighted by molar-refractivity contribution is -0.137. The number of rotatable bonds is 15. The van der Waals surface area contributed by atoms with Crippen LogP contribution in [0.4, 0.5) is 18.0 Å². The topological polar surface area (TPSA) is 79.5 Å². The van der Waals surface area contributed by atoms with Crippen molar-refractivity contribution in [3.05, 3.63) is 71.0 Å². The lowest BCUT2D eigenvalue weighted by Crippen LogP contribution is -2.28. The van der Waals surface area contributed by atoms with E-state index in [1.165, 1.54) is 50.7 Å². The minimum absolute atomic E-state index is 0.0885. The Morgan fingerprint density at radius 1 is 0.895 bits per heavy atom. The summed E-state index contributed by atoms with van der Waals surface area (Å²) in [5, 5.41) is 13.6. The molecule has 0 aliphatic heterocycles. The molecule has 38 heavy (non-hydrogen) atoms. The fourth-order valence-corrected chi connectivity index (χ4v) is 4.39. The summed E-state index contributed by atoms with van der Waals surface area (Å²) in [5.74, 6) is 0.160. The van der Waals surface area contributed by atoms with Crippen molar-refractivity contribution >= 4 is 6.09 Å². The largest absolute Gasteiger partial charge is 0.465 e. The van der Waals surface area contributed by atoms with E-state index in [1.54, 1.807) is 24.3 Å². The molecule has 6 nitrogen and oxygen atoms in total. The standard InChI is InChI=1S/C29H36F3N3O3/c1-2-3-4-5-6-7-8-9-13-16-26-33-27(38-34-26)24-19-23(17-18-25(24)29(30,31)32)21-35(28(36)37)20-22-14-11-10-12-15-22/h10-12,14-15,17-19H,2-9,13,16,20-21H2,1H3,(H,36,37). The van der Waals surface area contributed by atoms with Gasteiger partial charge in [-0.25, -0.2) is 4.79 Å². The number of nitrogens with zero attached hydrogens (tertiary/aromatic N) is 3. The number of unbranched alkanes of at least 4 members (excludes halogenated alkanes) is 8. The Morgan fingerprint density at radius 3 is 2.16 bits per heavy atom. The molecular formula is C29H36F3N3O3. The molecule has 0 bridgehead atoms. The molecular weight excluding hydrogens is 495 g/mol. The average molecular weight is 532 g/mol. The fourth-order valence-electron chi connectivity index (χ4n) is 4.39. The van der Waals surface area contributed by atoms with Crippen LogP contribution >= 0.6 is 0 Å². The minimum Gasteiger partial charge on any atom is -0.465 e. The number of benzene rings is 2. The Hall–Kier alpha value is -3.36. The summed E-state index contributed by atoms with van der Waals surface area (Å²) < 4.78 is 46.6. The van der Waals surface area contributed by atoms with E-state index in [4.69, 9.17) is 4.52 Å². The summed E-state index contributed by atoms with van der Waals surface area (Å²) >= 11 is 0. The molecule has 2 aromatic carbocycles. The number of hydrogen-bond acceptors (Lipinski definition) is 4. The summed E-state index contributed by atoms with van der Waals surface area (Å²) in [5.41, 5.74) is 0.0282. The SMILES string of the molecule is CCCCCCCCCCCc1noc(-c2cc(CN(Cc3ccccc3)C(=O)O)ccc2C(F)(F)F)n1. The zero-order chi connectivity index (χ0) is 27.4. The molecule has 0 saturated heterocycles. The molecule has 0 spiro atoms. The van der Waals surface area contributed by atoms with E-state index in [0.717, 1.165) is 35.8 Å². The maximum atomic E-state index is 13.8. The molecule has 1 heterocycles. The molecule has 3 aromatic rings. The van der Waals surface area contributed by atoms with Crippen LogP contribution < -0.4 is 0 Å². The van der Waals surface area contributed by atoms with E-state index in [0.29, 0.717) is 17.8 Å². The third-order valence-corrected chi connectivity index (χ3v) is 6.45. The lowest BCUT2D eigenvalue weighted by atomic mass is 10.0. The van der Waals surface area contributed by atoms with Crippen LogP contribution in [0.2, 0.25) is 0 Å². The molecule has 0 aliphatic carbocycles. The lowest BCUT2D eigenvalue weighted by Gasteiger charge is -2.20. The molecule has 0 fully saturated rings. The molecule has 1 aromatic heterocycles. The van der Waals surface area contributed by atoms with Crippen molar-refractivity contribution in [1.82, 2.24) is 15.0 Å². The van der Waals surface area contributed by atoms with Crippen molar-refractivity contribution in [3.8, 4) is 11.5 Å². The van der Waals surface area contributed by atoms with Crippen molar-refractivity contribution in [2.24, 2.45) is 0 Å². The first-order chi connectivity index (χ1) is 18.3. The van der Waals surface area contributed by atoms with Gasteiger partial charge in [0.15, 0.2) is 5.82 Å². The van der Waals surface area contributed by atoms with Gasteiger partial charge in [-0.1, -0.05) is 99.8 Å². The van der Waals surface area contributed by atoms with Gasteiger partial charge in [0.1, 0.15) is 0 Å². The van der Waals surface area contributed by atoms with Crippen molar-refractivity contribution in [2.75, 3.05) is 0 Å². The first-order valence-electron chi connectivity index (χ1n) is 13.3. The number of aryl methyl sites for hydroxylation is 1. The number of carbonyl (C=O) groups is 1. The molecule has 1 N–H and O–H groups in total. The van der Waals surface area contributed by atoms with Gasteiger partial charge in [-0.15, -0.1) is 0 Å². The van der Waals surface area contributed by atoms with Gasteiger partial charge in [-0.3, -0.25) is 4.90 Å². The molecule has 0 aliphatic rings. The summed E-state index contributed by atoms with van der Waals surface area (Å²) in [6.07, 6.45) is 5.16. The third-order valence-electron chi connectivity index (χ3n) is 6.45. The number of halogens is 3. The van der Waals surface area contributed by atoms with Crippen LogP contribution in [0, 0.1) is 0 Å². The van der Waals surface area contributed by atoms with Crippen LogP contribution in [0.3, 0.4) is 0 Å². The summed E-state index contributed by atoms with van der Waals surface area (Å²) in [4.78, 5) is 17.2. The third kappa shape index (κ3) is 9.19. The van der Waals surface area contributed by atoms with E-state index in [-0.39, 0.29) is 24.5 Å². The number of aromatic nitrogens is 2. The van der Waals surface area contributed by atoms with Gasteiger partial charge >= 0.3 is 12.3 Å². The van der Waals surface area contributed by atoms with Crippen LogP contribution in [-0.2, 0) is 25.7 Å². The second-order valence-corrected chi connectivity index (χ2v) is 9.60. The highest BCUT2D eigenvalue weighted by Gasteiger charge is 2.35. The van der Waals surface area contributed by atoms with E-state index in [1.807, 2.05) is 6.07 Å². The minimum atomic E-state index is -4.63. The van der Waals surface area contributed by atoms with Crippen LogP contribution in [0.25, 0.3) is 11.5 Å². The number of hydrogen-bond donors (Lipinski definition) is 1. The van der Waals surface area contributed by atoms with E-state index >= 15 is 0 Å². The Labute approximate surface area is 221 Å². The first kappa shape index (κ1) is 29.2. The van der Waals surface area contributed by atoms with Crippen molar-refractivity contribution in [1.29, 1.82) is 0 Å². The van der Waals surface area contributed by atoms with E-state index < -0.39 is 17.8 Å². The quantitative estimate of drug-likeness (QED) is 0.199. The van der Waals surface area contributed by atoms with Gasteiger partial charge in [-0.05, 0) is 29.7 Å². The van der Waals surface area contributed by atoms with Crippen molar-refractivity contribution in [2.45, 2.75) is 90.4 Å². The van der Waals surface area contributed by atoms with Gasteiger partial charge in [0, 0.05) is 19.5 Å². The summed E-state index contributed by atoms with van der Waals surface area (Å²) in [6.45, 7) is 2.22. The number of carboxylic acid groups (broad SMARTS) is 1. The van der Waals surface area contributed by atoms with E-state index in [9.17, 15) is 23.1 Å². The zero-order valence-electron chi connectivity index (χ0n) is 21.8. The van der Waals surface area contributed by atoms with Crippen LogP contribution in [0.1, 0.15) is 87.2 Å². The van der Waals surface area contributed by atoms with Gasteiger partial charge in [0.05, 0.1) is 11.1 Å². The molecule has 206 valence electrons. The Bertz CT molecular complexity index is 1130. The monoisotopic (exact) mass is 531 g/mol. The number of amides is 1. The molecule has 0 saturated carbocycles. The highest BCUT2D eigenvalue weighted by molar-refractivity contribution is 5.66. The maximum Gasteiger partial charge on any atom is 0.417 e. The summed E-state index contributed by atoms with van der Waals surface area (Å²) in [6, 6.07) is 12.5. The second-order valence-electron chi connectivity index (χ2n) is 9.60. The van der Waals surface area contributed by atoms with Crippen LogP contribution in [-0.4, -0.2) is 26.2 Å². The maximum absolute atomic E-state index is 13.8. The smallest absolute Gasteiger partial charge is 0.417 e. The van der Waals surface area contributed by atoms with Crippen LogP contribution in [0.5, 0.6) is 0 Å². The average Bonchev–Trinajstić information content (AvgIpc) is 3.36. The highest BCUT2D eigenvalue weighted by Crippen LogP contribution is 2.37. The molecule has 3 rings (SSSR count). The Kier molecular flexibility index (Phi) is 11.2. The Morgan fingerprint density at radius 2 is 1.53 bits per heavy atom. The highest BCUT2D eigenvalue weighted by atomic mass is 19.4. The van der Waals surface area contributed by atoms with Crippen LogP contribution in [0.15, 0.2) is 53.1 Å². The molecule has 0 radical (unpaired) electrons. The van der Waals surface area contributed by atoms with Crippen molar-refractivity contribution < 1.29 is 27.6 Å². The second kappa shape index (κ2) is 14.5. The predicted molar refractivity (Wildman–Crippen MR) is 139 cm³/mol. The molecule has 9 heteroatoms. The normalized spacial score (nSPS) is 11.6. The van der Waals surface area contributed by atoms with Gasteiger partial charge < -0.3 is 9.63 Å².